The molecule has 139 heavy (non-hydrogen) atoms. The molecule has 34 nitrogen and oxygen atoms in total. The Kier molecular flexibility index (Phi) is 28.0. The quantitative estimate of drug-likeness (QED) is 0.0366. The van der Waals surface area contributed by atoms with Crippen LogP contribution >= 0.6 is 0 Å². The lowest BCUT2D eigenvalue weighted by molar-refractivity contribution is -0.119. The molecule has 12 aromatic rings. The molecule has 4 N–H and O–H groups in total. The SMILES string of the molecule is COc1ccc(Oc2cccc3c2CC[C@H]3Oc2ccc(C3CC(=O)NS3(=O)=O)cc2)c(C)n1.CS(=O)(=O)CCCOc1ccc(Oc2cccc3c2CC[C@H]3Oc2ccc(C3CC(=O)NS3(=O)=O)cc2)cn1.N#Cc1ccc(Oc2cccc3c2CC[C@H]3Oc2ccc(C3CC(=O)NS3(=O)=O)cc2)cn1.N#Cc1ccc(Oc2cccc3c2CC[C@H]3Oc2ccc(C3CC(=O)NS3(=O)=O)cc2)nc1. The van der Waals surface area contributed by atoms with Gasteiger partial charge >= 0.3 is 0 Å². The summed E-state index contributed by atoms with van der Waals surface area (Å²) in [4.78, 5) is 62.8. The number of aromatic nitrogens is 4. The molecule has 20 rings (SSSR count). The van der Waals surface area contributed by atoms with E-state index in [1.807, 2.05) is 117 Å². The molecule has 0 spiro atoms. The zero-order valence-electron chi connectivity index (χ0n) is 74.8. The highest BCUT2D eigenvalue weighted by molar-refractivity contribution is 7.92. The number of rotatable bonds is 26. The van der Waals surface area contributed by atoms with Crippen molar-refractivity contribution >= 4 is 73.6 Å². The van der Waals surface area contributed by atoms with Gasteiger partial charge in [0.25, 0.3) is 0 Å². The number of benzene rings is 8. The summed E-state index contributed by atoms with van der Waals surface area (Å²) in [5, 5.41) is 14.3. The fraction of sp³-hybridized carbons (Fsp3) is 0.260. The van der Waals surface area contributed by atoms with Crippen molar-refractivity contribution < 1.29 is 109 Å². The molecule has 8 aliphatic rings. The molecule has 4 saturated heterocycles. The van der Waals surface area contributed by atoms with E-state index in [0.717, 1.165) is 113 Å². The number of carbonyl (C=O) groups excluding carboxylic acids is 4. The first-order chi connectivity index (χ1) is 66.8. The van der Waals surface area contributed by atoms with Crippen molar-refractivity contribution in [3.05, 3.63) is 321 Å². The molecule has 0 saturated carbocycles. The Morgan fingerprint density at radius 2 is 0.712 bits per heavy atom. The van der Waals surface area contributed by atoms with Gasteiger partial charge in [-0.25, -0.2) is 62.0 Å². The highest BCUT2D eigenvalue weighted by Crippen LogP contribution is 2.48. The number of aryl methyl sites for hydroxylation is 1. The van der Waals surface area contributed by atoms with Crippen molar-refractivity contribution in [2.24, 2.45) is 0 Å². The van der Waals surface area contributed by atoms with Crippen molar-refractivity contribution in [2.75, 3.05) is 25.7 Å². The molecule has 4 aliphatic carbocycles. The van der Waals surface area contributed by atoms with E-state index in [1.165, 1.54) is 18.6 Å². The largest absolute Gasteiger partial charge is 0.486 e. The summed E-state index contributed by atoms with van der Waals surface area (Å²) in [6, 6.07) is 68.4. The van der Waals surface area contributed by atoms with Crippen LogP contribution in [-0.4, -0.2) is 111 Å². The number of hydrogen-bond acceptors (Lipinski definition) is 30. The summed E-state index contributed by atoms with van der Waals surface area (Å²) in [5.74, 6) is 6.61. The van der Waals surface area contributed by atoms with Gasteiger partial charge in [0, 0.05) is 52.9 Å². The number of nitrogens with one attached hydrogen (secondary N) is 4. The number of ether oxygens (including phenoxy) is 10. The van der Waals surface area contributed by atoms with Gasteiger partial charge in [0.1, 0.15) is 136 Å². The first kappa shape index (κ1) is 95.7. The number of sulfone groups is 1. The lowest BCUT2D eigenvalue weighted by atomic mass is 10.1. The smallest absolute Gasteiger partial charge is 0.242 e. The molecule has 4 amide bonds. The van der Waals surface area contributed by atoms with Crippen LogP contribution in [-0.2, 0) is 94.8 Å². The minimum absolute atomic E-state index is 0.0635. The summed E-state index contributed by atoms with van der Waals surface area (Å²) < 4.78 is 187. The Bertz CT molecular complexity index is 7200. The number of hydrogen-bond donors (Lipinski definition) is 4. The molecule has 4 fully saturated rings. The molecular formula is C100H90N10O24S5. The van der Waals surface area contributed by atoms with Crippen LogP contribution in [0.5, 0.6) is 80.9 Å². The monoisotopic (exact) mass is 1970 g/mol. The fourth-order valence-electron chi connectivity index (χ4n) is 17.5. The van der Waals surface area contributed by atoms with Crippen LogP contribution in [0.3, 0.4) is 0 Å². The minimum atomic E-state index is -3.69. The molecule has 4 aliphatic heterocycles. The van der Waals surface area contributed by atoms with Gasteiger partial charge in [-0.2, -0.15) is 10.5 Å². The van der Waals surface area contributed by atoms with Crippen molar-refractivity contribution in [2.45, 2.75) is 136 Å². The second-order valence-corrected chi connectivity index (χ2v) is 43.4. The number of methoxy groups -OCH3 is 1. The molecule has 39 heteroatoms. The van der Waals surface area contributed by atoms with E-state index in [1.54, 1.807) is 153 Å². The third-order valence-electron chi connectivity index (χ3n) is 24.3. The molecule has 0 bridgehead atoms. The summed E-state index contributed by atoms with van der Waals surface area (Å²) in [5.41, 5.74) is 12.1. The van der Waals surface area contributed by atoms with Gasteiger partial charge in [-0.15, -0.1) is 0 Å². The van der Waals surface area contributed by atoms with Gasteiger partial charge in [-0.1, -0.05) is 97.1 Å². The lowest BCUT2D eigenvalue weighted by Gasteiger charge is -2.17. The maximum Gasteiger partial charge on any atom is 0.242 e. The Balaban J connectivity index is 0.000000128. The van der Waals surface area contributed by atoms with Crippen LogP contribution in [0.2, 0.25) is 0 Å². The normalized spacial score (nSPS) is 20.3. The molecule has 8 heterocycles. The van der Waals surface area contributed by atoms with Gasteiger partial charge in [0.15, 0.2) is 0 Å². The zero-order valence-corrected chi connectivity index (χ0v) is 78.8. The molecule has 8 atom stereocenters. The number of sulfonamides is 4. The average Bonchev–Trinajstić information content (AvgIpc) is 1.65. The van der Waals surface area contributed by atoms with E-state index >= 15 is 0 Å². The highest BCUT2D eigenvalue weighted by atomic mass is 32.2. The summed E-state index contributed by atoms with van der Waals surface area (Å²) in [6.45, 7) is 2.13. The third-order valence-corrected chi connectivity index (χ3v) is 32.1. The van der Waals surface area contributed by atoms with E-state index in [2.05, 4.69) is 19.9 Å². The number of nitrogens with zero attached hydrogens (tertiary/aromatic N) is 6. The van der Waals surface area contributed by atoms with E-state index in [4.69, 9.17) is 57.9 Å². The number of pyridine rings is 4. The van der Waals surface area contributed by atoms with Crippen LogP contribution in [0.25, 0.3) is 0 Å². The third kappa shape index (κ3) is 22.6. The first-order valence-electron chi connectivity index (χ1n) is 44.2. The summed E-state index contributed by atoms with van der Waals surface area (Å²) >= 11 is 0. The summed E-state index contributed by atoms with van der Waals surface area (Å²) in [7, 11) is -16.2. The predicted molar refractivity (Wildman–Crippen MR) is 504 cm³/mol. The first-order valence-corrected chi connectivity index (χ1v) is 52.4. The molecule has 714 valence electrons. The van der Waals surface area contributed by atoms with Gasteiger partial charge in [-0.05, 0) is 212 Å². The molecule has 8 aromatic carbocycles. The highest BCUT2D eigenvalue weighted by Gasteiger charge is 2.43. The molecular weight excluding hydrogens is 1890 g/mol. The van der Waals surface area contributed by atoms with Crippen LogP contribution < -0.4 is 66.3 Å². The number of nitriles is 2. The summed E-state index contributed by atoms with van der Waals surface area (Å²) in [6.07, 6.45) is 11.4. The number of carbonyl (C=O) groups is 4. The fourth-order valence-corrected chi connectivity index (χ4v) is 23.9. The average molecular weight is 1980 g/mol. The zero-order chi connectivity index (χ0) is 97.5. The van der Waals surface area contributed by atoms with Crippen molar-refractivity contribution in [1.82, 2.24) is 38.8 Å². The van der Waals surface area contributed by atoms with E-state index in [0.29, 0.717) is 109 Å². The van der Waals surface area contributed by atoms with E-state index in [9.17, 15) is 61.3 Å². The van der Waals surface area contributed by atoms with Crippen molar-refractivity contribution in [3.8, 4) is 93.0 Å². The topological polar surface area (TPSA) is 479 Å². The van der Waals surface area contributed by atoms with Crippen LogP contribution in [0.1, 0.15) is 187 Å². The molecule has 0 radical (unpaired) electrons. The lowest BCUT2D eigenvalue weighted by Crippen LogP contribution is -2.21. The second-order valence-electron chi connectivity index (χ2n) is 33.7. The predicted octanol–water partition coefficient (Wildman–Crippen LogP) is 15.2. The maximum atomic E-state index is 12.1. The van der Waals surface area contributed by atoms with E-state index in [-0.39, 0.29) is 62.5 Å². The standard InChI is InChI=1S/C27H28N2O8S2.C25H24N2O6S.2C24H19N3O5S/c1-38(31,32)15-3-14-35-27-13-10-20(17-28-27)37-23-5-2-4-21-22(23)11-12-24(21)36-19-8-6-18(7-9-19)25-16-26(30)29-39(25,33)34;1-15-20(12-13-25(26-15)31-2)33-21-5-3-4-18-19(21)10-11-22(18)32-17-8-6-16(7-9-17)23-14-24(28)27-34(23,29)30;25-13-15-4-11-24(26-14-15)32-20-3-1-2-18-19(20)9-10-21(18)31-17-7-5-16(6-8-17)22-12-23(28)27-33(22,29)30;25-13-16-6-9-18(14-26-16)32-21-3-1-2-19-20(21)10-11-22(19)31-17-7-4-15(5-8-17)23-12-24(28)27-33(23,29)30/h2,4-10,13,17,24-25H,3,11-12,14-16H2,1H3,(H,29,30);3-9,12-13,22-23H,10-11,14H2,1-2H3,(H,27,28);1-8,11,14,21-22H,9-10,12H2,(H,27,28);1-9,14,22-23H,10-12H2,(H,27,28)/t24-,25?;22-,23?;21-,22?;22-,23?/m1111/s1. The molecule has 4 unspecified atom stereocenters. The number of fused-ring (bicyclic) bond motifs is 4. The number of amides is 4. The Morgan fingerprint density at radius 3 is 1.01 bits per heavy atom. The maximum absolute atomic E-state index is 12.1. The van der Waals surface area contributed by atoms with Crippen LogP contribution in [0.15, 0.2) is 237 Å². The van der Waals surface area contributed by atoms with Gasteiger partial charge in [-0.3, -0.25) is 38.1 Å². The van der Waals surface area contributed by atoms with E-state index < -0.39 is 94.6 Å². The minimum Gasteiger partial charge on any atom is -0.486 e. The van der Waals surface area contributed by atoms with Gasteiger partial charge in [0.2, 0.25) is 81.4 Å². The van der Waals surface area contributed by atoms with Crippen LogP contribution in [0.4, 0.5) is 0 Å². The van der Waals surface area contributed by atoms with Crippen LogP contribution in [0, 0.1) is 29.6 Å². The van der Waals surface area contributed by atoms with Gasteiger partial charge in [0.05, 0.1) is 68.8 Å². The van der Waals surface area contributed by atoms with Crippen molar-refractivity contribution in [3.63, 3.8) is 0 Å². The van der Waals surface area contributed by atoms with Gasteiger partial charge < -0.3 is 47.4 Å². The molecule has 4 aromatic heterocycles. The van der Waals surface area contributed by atoms with Crippen molar-refractivity contribution in [1.29, 1.82) is 10.5 Å². The Labute approximate surface area is 801 Å². The second kappa shape index (κ2) is 40.7. The Morgan fingerprint density at radius 1 is 0.374 bits per heavy atom. The Hall–Kier alpha value is -15.0.